The average Bonchev–Trinajstić information content (AvgIpc) is 2.47. The second-order valence-corrected chi connectivity index (χ2v) is 5.26. The lowest BCUT2D eigenvalue weighted by molar-refractivity contribution is 1.01. The van der Waals surface area contributed by atoms with Gasteiger partial charge in [-0.05, 0) is 31.5 Å². The van der Waals surface area contributed by atoms with Crippen LogP contribution in [0.25, 0.3) is 16.6 Å². The monoisotopic (exact) mass is 283 g/mol. The third kappa shape index (κ3) is 1.84. The standard InChI is InChI=1S/C17H14ClNO/c1-11-7-3-5-9-14(11)19-15-10-6-4-8-13(15)16(18)12(2)17(19)20/h3-10H,1-2H3. The van der Waals surface area contributed by atoms with Crippen LogP contribution in [0.4, 0.5) is 0 Å². The molecule has 0 N–H and O–H groups in total. The Kier molecular flexibility index (Phi) is 3.11. The Hall–Kier alpha value is -2.06. The normalized spacial score (nSPS) is 10.9. The maximum absolute atomic E-state index is 12.6. The van der Waals surface area contributed by atoms with Gasteiger partial charge in [-0.15, -0.1) is 0 Å². The molecule has 3 rings (SSSR count). The fourth-order valence-corrected chi connectivity index (χ4v) is 2.72. The van der Waals surface area contributed by atoms with E-state index in [9.17, 15) is 4.79 Å². The number of aromatic nitrogens is 1. The summed E-state index contributed by atoms with van der Waals surface area (Å²) in [5.74, 6) is 0. The highest BCUT2D eigenvalue weighted by Gasteiger charge is 2.14. The van der Waals surface area contributed by atoms with Crippen molar-refractivity contribution in [3.63, 3.8) is 0 Å². The van der Waals surface area contributed by atoms with E-state index in [1.807, 2.05) is 55.5 Å². The van der Waals surface area contributed by atoms with Gasteiger partial charge in [0.2, 0.25) is 0 Å². The highest BCUT2D eigenvalue weighted by atomic mass is 35.5. The van der Waals surface area contributed by atoms with Crippen molar-refractivity contribution in [2.75, 3.05) is 0 Å². The number of hydrogen-bond acceptors (Lipinski definition) is 1. The van der Waals surface area contributed by atoms with Gasteiger partial charge in [-0.25, -0.2) is 0 Å². The van der Waals surface area contributed by atoms with Crippen molar-refractivity contribution in [3.05, 3.63) is 75.0 Å². The molecule has 20 heavy (non-hydrogen) atoms. The molecule has 0 atom stereocenters. The second-order valence-electron chi connectivity index (χ2n) is 4.88. The number of halogens is 1. The molecule has 0 spiro atoms. The zero-order valence-corrected chi connectivity index (χ0v) is 12.1. The lowest BCUT2D eigenvalue weighted by atomic mass is 10.1. The quantitative estimate of drug-likeness (QED) is 0.654. The number of hydrogen-bond donors (Lipinski definition) is 0. The Bertz CT molecular complexity index is 864. The summed E-state index contributed by atoms with van der Waals surface area (Å²) in [6.45, 7) is 3.77. The van der Waals surface area contributed by atoms with Crippen LogP contribution in [-0.2, 0) is 0 Å². The maximum Gasteiger partial charge on any atom is 0.260 e. The van der Waals surface area contributed by atoms with E-state index < -0.39 is 0 Å². The Morgan fingerprint density at radius 2 is 1.60 bits per heavy atom. The maximum atomic E-state index is 12.6. The lowest BCUT2D eigenvalue weighted by Gasteiger charge is -2.15. The first-order valence-corrected chi connectivity index (χ1v) is 6.85. The SMILES string of the molecule is Cc1ccccc1-n1c(=O)c(C)c(Cl)c2ccccc21. The molecule has 0 radical (unpaired) electrons. The second kappa shape index (κ2) is 4.80. The first-order valence-electron chi connectivity index (χ1n) is 6.47. The zero-order chi connectivity index (χ0) is 14.3. The number of para-hydroxylation sites is 2. The molecule has 3 aromatic rings. The van der Waals surface area contributed by atoms with Crippen molar-refractivity contribution in [2.24, 2.45) is 0 Å². The molecule has 0 unspecified atom stereocenters. The summed E-state index contributed by atoms with van der Waals surface area (Å²) in [7, 11) is 0. The summed E-state index contributed by atoms with van der Waals surface area (Å²) >= 11 is 6.32. The van der Waals surface area contributed by atoms with Crippen LogP contribution in [0.3, 0.4) is 0 Å². The van der Waals surface area contributed by atoms with Crippen LogP contribution in [0.5, 0.6) is 0 Å². The third-order valence-electron chi connectivity index (χ3n) is 3.59. The minimum Gasteiger partial charge on any atom is -0.276 e. The first-order chi connectivity index (χ1) is 9.61. The molecule has 100 valence electrons. The van der Waals surface area contributed by atoms with Gasteiger partial charge in [-0.1, -0.05) is 48.0 Å². The van der Waals surface area contributed by atoms with Gasteiger partial charge in [0.25, 0.3) is 5.56 Å². The number of aryl methyl sites for hydroxylation is 1. The van der Waals surface area contributed by atoms with Gasteiger partial charge in [-0.2, -0.15) is 0 Å². The predicted octanol–water partition coefficient (Wildman–Crippen LogP) is 4.26. The lowest BCUT2D eigenvalue weighted by Crippen LogP contribution is -2.22. The molecule has 3 heteroatoms. The van der Waals surface area contributed by atoms with E-state index in [1.54, 1.807) is 11.5 Å². The fourth-order valence-electron chi connectivity index (χ4n) is 2.48. The molecule has 2 nitrogen and oxygen atoms in total. The minimum absolute atomic E-state index is 0.0667. The van der Waals surface area contributed by atoms with Gasteiger partial charge in [0.1, 0.15) is 0 Å². The Morgan fingerprint density at radius 1 is 0.950 bits per heavy atom. The predicted molar refractivity (Wildman–Crippen MR) is 84.0 cm³/mol. The van der Waals surface area contributed by atoms with E-state index in [0.29, 0.717) is 10.6 Å². The van der Waals surface area contributed by atoms with Gasteiger partial charge in [-0.3, -0.25) is 9.36 Å². The Labute approximate surface area is 122 Å². The van der Waals surface area contributed by atoms with Crippen molar-refractivity contribution in [3.8, 4) is 5.69 Å². The molecule has 0 bridgehead atoms. The van der Waals surface area contributed by atoms with Crippen LogP contribution >= 0.6 is 11.6 Å². The van der Waals surface area contributed by atoms with Gasteiger partial charge < -0.3 is 0 Å². The number of pyridine rings is 1. The van der Waals surface area contributed by atoms with E-state index in [0.717, 1.165) is 22.2 Å². The molecule has 0 aliphatic carbocycles. The van der Waals surface area contributed by atoms with E-state index >= 15 is 0 Å². The van der Waals surface area contributed by atoms with Crippen molar-refractivity contribution in [2.45, 2.75) is 13.8 Å². The molecule has 0 saturated heterocycles. The van der Waals surface area contributed by atoms with Crippen LogP contribution in [0, 0.1) is 13.8 Å². The molecule has 0 aliphatic rings. The fraction of sp³-hybridized carbons (Fsp3) is 0.118. The highest BCUT2D eigenvalue weighted by Crippen LogP contribution is 2.26. The van der Waals surface area contributed by atoms with Crippen LogP contribution in [0.1, 0.15) is 11.1 Å². The van der Waals surface area contributed by atoms with E-state index in [1.165, 1.54) is 0 Å². The zero-order valence-electron chi connectivity index (χ0n) is 11.4. The molecule has 0 fully saturated rings. The molecule has 1 aromatic heterocycles. The molecule has 0 amide bonds. The van der Waals surface area contributed by atoms with Crippen molar-refractivity contribution in [1.29, 1.82) is 0 Å². The van der Waals surface area contributed by atoms with E-state index in [-0.39, 0.29) is 5.56 Å². The van der Waals surface area contributed by atoms with Crippen molar-refractivity contribution in [1.82, 2.24) is 4.57 Å². The summed E-state index contributed by atoms with van der Waals surface area (Å²) in [5.41, 5.74) is 3.30. The number of benzene rings is 2. The molecular formula is C17H14ClNO. The summed E-state index contributed by atoms with van der Waals surface area (Å²) in [5, 5.41) is 1.44. The van der Waals surface area contributed by atoms with E-state index in [2.05, 4.69) is 0 Å². The van der Waals surface area contributed by atoms with Gasteiger partial charge >= 0.3 is 0 Å². The number of rotatable bonds is 1. The summed E-state index contributed by atoms with van der Waals surface area (Å²) in [6, 6.07) is 15.6. The van der Waals surface area contributed by atoms with Gasteiger partial charge in [0, 0.05) is 10.9 Å². The molecular weight excluding hydrogens is 270 g/mol. The first kappa shape index (κ1) is 12.9. The molecule has 2 aromatic carbocycles. The molecule has 0 aliphatic heterocycles. The minimum atomic E-state index is -0.0667. The Morgan fingerprint density at radius 3 is 2.35 bits per heavy atom. The Balaban J connectivity index is 2.54. The highest BCUT2D eigenvalue weighted by molar-refractivity contribution is 6.36. The van der Waals surface area contributed by atoms with Gasteiger partial charge in [0.05, 0.1) is 16.2 Å². The summed E-state index contributed by atoms with van der Waals surface area (Å²) in [6.07, 6.45) is 0. The smallest absolute Gasteiger partial charge is 0.260 e. The molecule has 0 saturated carbocycles. The number of fused-ring (bicyclic) bond motifs is 1. The summed E-state index contributed by atoms with van der Waals surface area (Å²) in [4.78, 5) is 12.6. The van der Waals surface area contributed by atoms with E-state index in [4.69, 9.17) is 11.6 Å². The van der Waals surface area contributed by atoms with Crippen LogP contribution in [-0.4, -0.2) is 4.57 Å². The molecule has 1 heterocycles. The topological polar surface area (TPSA) is 22.0 Å². The van der Waals surface area contributed by atoms with Crippen LogP contribution < -0.4 is 5.56 Å². The van der Waals surface area contributed by atoms with Crippen molar-refractivity contribution < 1.29 is 0 Å². The number of nitrogens with zero attached hydrogens (tertiary/aromatic N) is 1. The summed E-state index contributed by atoms with van der Waals surface area (Å²) < 4.78 is 1.74. The van der Waals surface area contributed by atoms with Crippen molar-refractivity contribution >= 4 is 22.5 Å². The third-order valence-corrected chi connectivity index (χ3v) is 4.08. The van der Waals surface area contributed by atoms with Crippen LogP contribution in [0.2, 0.25) is 5.02 Å². The largest absolute Gasteiger partial charge is 0.276 e. The van der Waals surface area contributed by atoms with Crippen LogP contribution in [0.15, 0.2) is 53.3 Å². The van der Waals surface area contributed by atoms with Gasteiger partial charge in [0.15, 0.2) is 0 Å². The average molecular weight is 284 g/mol.